The van der Waals surface area contributed by atoms with Crippen molar-refractivity contribution in [3.8, 4) is 0 Å². The first-order valence-electron chi connectivity index (χ1n) is 16.8. The second kappa shape index (κ2) is 12.9. The van der Waals surface area contributed by atoms with E-state index in [2.05, 4.69) is 27.1 Å². The topological polar surface area (TPSA) is 86.5 Å². The van der Waals surface area contributed by atoms with Crippen LogP contribution in [0.15, 0.2) is 36.5 Å². The fourth-order valence-electron chi connectivity index (χ4n) is 7.74. The zero-order valence-corrected chi connectivity index (χ0v) is 27.2. The van der Waals surface area contributed by atoms with Crippen LogP contribution in [0.3, 0.4) is 0 Å². The molecule has 2 aromatic heterocycles. The molecule has 4 heterocycles. The summed E-state index contributed by atoms with van der Waals surface area (Å²) in [5, 5.41) is 19.2. The number of aromatic nitrogens is 3. The van der Waals surface area contributed by atoms with Crippen LogP contribution in [0.4, 0.5) is 18.9 Å². The van der Waals surface area contributed by atoms with Crippen LogP contribution in [0.25, 0.3) is 10.9 Å². The number of hydrogen-bond donors (Lipinski definition) is 2. The van der Waals surface area contributed by atoms with E-state index in [1.165, 1.54) is 64.1 Å². The lowest BCUT2D eigenvalue weighted by Crippen LogP contribution is -2.40. The van der Waals surface area contributed by atoms with Gasteiger partial charge in [-0.2, -0.15) is 18.3 Å². The van der Waals surface area contributed by atoms with Crippen molar-refractivity contribution in [2.75, 3.05) is 45.1 Å². The lowest BCUT2D eigenvalue weighted by molar-refractivity contribution is -0.141. The molecule has 0 atom stereocenters. The van der Waals surface area contributed by atoms with E-state index >= 15 is 0 Å². The molecule has 250 valence electrons. The lowest BCUT2D eigenvalue weighted by Gasteiger charge is -2.45. The van der Waals surface area contributed by atoms with Gasteiger partial charge < -0.3 is 20.2 Å². The van der Waals surface area contributed by atoms with E-state index in [4.69, 9.17) is 5.10 Å². The van der Waals surface area contributed by atoms with E-state index in [1.54, 1.807) is 26.0 Å². The molecule has 46 heavy (non-hydrogen) atoms. The fourth-order valence-corrected chi connectivity index (χ4v) is 7.74. The molecule has 1 saturated carbocycles. The van der Waals surface area contributed by atoms with Gasteiger partial charge in [0.25, 0.3) is 5.91 Å². The average Bonchev–Trinajstić information content (AvgIpc) is 3.45. The smallest absolute Gasteiger partial charge is 0.386 e. The van der Waals surface area contributed by atoms with Gasteiger partial charge in [0.1, 0.15) is 11.4 Å². The number of fused-ring (bicyclic) bond motifs is 1. The first-order chi connectivity index (χ1) is 21.8. The van der Waals surface area contributed by atoms with Crippen LogP contribution < -0.4 is 5.32 Å². The van der Waals surface area contributed by atoms with Crippen molar-refractivity contribution >= 4 is 22.5 Å². The average molecular weight is 641 g/mol. The Morgan fingerprint density at radius 3 is 2.37 bits per heavy atom. The van der Waals surface area contributed by atoms with Crippen molar-refractivity contribution < 1.29 is 23.1 Å². The summed E-state index contributed by atoms with van der Waals surface area (Å²) in [4.78, 5) is 21.6. The highest BCUT2D eigenvalue weighted by Crippen LogP contribution is 2.47. The first kappa shape index (κ1) is 32.9. The first-order valence-corrected chi connectivity index (χ1v) is 16.8. The molecule has 1 spiro atoms. The van der Waals surface area contributed by atoms with E-state index in [1.807, 2.05) is 10.9 Å². The number of anilines is 1. The largest absolute Gasteiger partial charge is 0.433 e. The Balaban J connectivity index is 1.07. The third-order valence-electron chi connectivity index (χ3n) is 10.8. The summed E-state index contributed by atoms with van der Waals surface area (Å²) in [7, 11) is 2.25. The van der Waals surface area contributed by atoms with E-state index in [0.29, 0.717) is 22.2 Å². The summed E-state index contributed by atoms with van der Waals surface area (Å²) >= 11 is 0. The molecule has 0 unspecified atom stereocenters. The third-order valence-corrected chi connectivity index (χ3v) is 10.8. The molecule has 1 aliphatic carbocycles. The molecule has 11 heteroatoms. The van der Waals surface area contributed by atoms with Crippen molar-refractivity contribution in [2.45, 2.75) is 89.5 Å². The molecular weight excluding hydrogens is 593 g/mol. The van der Waals surface area contributed by atoms with Crippen molar-refractivity contribution in [1.82, 2.24) is 24.6 Å². The van der Waals surface area contributed by atoms with Crippen molar-refractivity contribution in [2.24, 2.45) is 11.3 Å². The fraction of sp³-hybridized carbons (Fsp3) is 0.629. The number of carbonyl (C=O) groups excluding carboxylic acids is 1. The number of alkyl halides is 3. The number of hydrogen-bond acceptors (Lipinski definition) is 6. The summed E-state index contributed by atoms with van der Waals surface area (Å²) in [5.74, 6) is 0.0636. The molecule has 3 aromatic rings. The molecular formula is C35H47F3N6O2. The zero-order valence-electron chi connectivity index (χ0n) is 27.2. The predicted octanol–water partition coefficient (Wildman–Crippen LogP) is 6.86. The number of likely N-dealkylation sites (tertiary alicyclic amines) is 2. The van der Waals surface area contributed by atoms with Crippen LogP contribution in [-0.2, 0) is 11.8 Å². The van der Waals surface area contributed by atoms with Crippen molar-refractivity contribution in [1.29, 1.82) is 0 Å². The van der Waals surface area contributed by atoms with Gasteiger partial charge in [-0.05, 0) is 134 Å². The Bertz CT molecular complexity index is 1520. The molecule has 0 bridgehead atoms. The molecule has 6 rings (SSSR count). The minimum Gasteiger partial charge on any atom is -0.386 e. The number of aliphatic hydroxyl groups is 1. The van der Waals surface area contributed by atoms with Gasteiger partial charge in [-0.25, -0.2) is 4.98 Å². The van der Waals surface area contributed by atoms with Gasteiger partial charge in [0.2, 0.25) is 0 Å². The number of amides is 1. The number of piperidine rings is 2. The standard InChI is InChI=1S/C35H47F3N6O2/c1-33(2,46)27-22-29-25(21-30(27)40-32(45)28-5-4-6-31(39-28)35(36,37)38)23-44(41-29)26-10-17-43(18-11-26)16-9-24-7-12-34(13-8-24)14-19-42(3)20-15-34/h4-6,21-24,26,46H,7-20H2,1-3H3,(H,40,45). The number of nitrogens with one attached hydrogen (secondary N) is 1. The maximum atomic E-state index is 13.2. The lowest BCUT2D eigenvalue weighted by atomic mass is 9.65. The number of benzene rings is 1. The molecule has 2 aliphatic heterocycles. The zero-order chi connectivity index (χ0) is 32.7. The third kappa shape index (κ3) is 7.42. The molecule has 0 radical (unpaired) electrons. The van der Waals surface area contributed by atoms with Crippen LogP contribution in [0.5, 0.6) is 0 Å². The summed E-state index contributed by atoms with van der Waals surface area (Å²) in [6.45, 7) is 8.93. The van der Waals surface area contributed by atoms with E-state index in [-0.39, 0.29) is 11.7 Å². The molecule has 8 nitrogen and oxygen atoms in total. The number of rotatable bonds is 7. The van der Waals surface area contributed by atoms with E-state index in [9.17, 15) is 23.1 Å². The van der Waals surface area contributed by atoms with Gasteiger partial charge >= 0.3 is 6.18 Å². The molecule has 1 amide bonds. The van der Waals surface area contributed by atoms with Gasteiger partial charge in [-0.3, -0.25) is 9.48 Å². The Labute approximate surface area is 269 Å². The highest BCUT2D eigenvalue weighted by molar-refractivity contribution is 6.04. The molecule has 3 aliphatic rings. The van der Waals surface area contributed by atoms with E-state index in [0.717, 1.165) is 55.9 Å². The van der Waals surface area contributed by atoms with Crippen LogP contribution in [0.2, 0.25) is 0 Å². The summed E-state index contributed by atoms with van der Waals surface area (Å²) in [6.07, 6.45) is 8.90. The van der Waals surface area contributed by atoms with Crippen LogP contribution in [0.1, 0.15) is 99.4 Å². The molecule has 2 N–H and O–H groups in total. The highest BCUT2D eigenvalue weighted by Gasteiger charge is 2.37. The van der Waals surface area contributed by atoms with Gasteiger partial charge in [-0.15, -0.1) is 0 Å². The van der Waals surface area contributed by atoms with Gasteiger partial charge in [0.15, 0.2) is 0 Å². The summed E-state index contributed by atoms with van der Waals surface area (Å²) < 4.78 is 41.5. The Morgan fingerprint density at radius 1 is 1.02 bits per heavy atom. The molecule has 3 fully saturated rings. The number of pyridine rings is 1. The van der Waals surface area contributed by atoms with Crippen LogP contribution in [-0.4, -0.2) is 75.3 Å². The minimum absolute atomic E-state index is 0.251. The van der Waals surface area contributed by atoms with Crippen molar-refractivity contribution in [3.63, 3.8) is 0 Å². The van der Waals surface area contributed by atoms with Crippen molar-refractivity contribution in [3.05, 3.63) is 53.5 Å². The quantitative estimate of drug-likeness (QED) is 0.294. The number of halogens is 3. The Hall–Kier alpha value is -3.02. The Kier molecular flexibility index (Phi) is 9.21. The Morgan fingerprint density at radius 2 is 1.72 bits per heavy atom. The van der Waals surface area contributed by atoms with Crippen LogP contribution in [0, 0.1) is 11.3 Å². The highest BCUT2D eigenvalue weighted by atomic mass is 19.4. The second-order valence-electron chi connectivity index (χ2n) is 14.6. The SMILES string of the molecule is CN1CCC2(CCC(CCN3CCC(n4cc5cc(NC(=O)c6cccc(C(F)(F)F)n6)c(C(C)(C)O)cc5n4)CC3)CC2)CC1. The van der Waals surface area contributed by atoms with Gasteiger partial charge in [0.05, 0.1) is 17.2 Å². The van der Waals surface area contributed by atoms with E-state index < -0.39 is 23.4 Å². The summed E-state index contributed by atoms with van der Waals surface area (Å²) in [6, 6.07) is 6.94. The normalized spacial score (nSPS) is 20.8. The van der Waals surface area contributed by atoms with Gasteiger partial charge in [-0.1, -0.05) is 6.07 Å². The maximum Gasteiger partial charge on any atom is 0.433 e. The monoisotopic (exact) mass is 640 g/mol. The summed E-state index contributed by atoms with van der Waals surface area (Å²) in [5.41, 5.74) is -0.792. The molecule has 2 saturated heterocycles. The molecule has 1 aromatic carbocycles. The second-order valence-corrected chi connectivity index (χ2v) is 14.6. The predicted molar refractivity (Wildman–Crippen MR) is 173 cm³/mol. The number of carbonyl (C=O) groups is 1. The van der Waals surface area contributed by atoms with Crippen LogP contribution >= 0.6 is 0 Å². The minimum atomic E-state index is -4.66. The van der Waals surface area contributed by atoms with Gasteiger partial charge in [0, 0.05) is 35.9 Å². The number of nitrogens with zero attached hydrogens (tertiary/aromatic N) is 5. The maximum absolute atomic E-state index is 13.2.